The zero-order valence-corrected chi connectivity index (χ0v) is 11.9. The van der Waals surface area contributed by atoms with Crippen LogP contribution in [0.3, 0.4) is 0 Å². The van der Waals surface area contributed by atoms with Gasteiger partial charge in [0.05, 0.1) is 12.6 Å². The molecule has 0 saturated carbocycles. The summed E-state index contributed by atoms with van der Waals surface area (Å²) in [4.78, 5) is 33.6. The van der Waals surface area contributed by atoms with Crippen LogP contribution < -0.4 is 22.1 Å². The third kappa shape index (κ3) is 5.98. The van der Waals surface area contributed by atoms with E-state index < -0.39 is 30.1 Å². The molecule has 0 aromatic carbocycles. The fourth-order valence-electron chi connectivity index (χ4n) is 1.55. The minimum absolute atomic E-state index is 0.0884. The van der Waals surface area contributed by atoms with E-state index >= 15 is 0 Å². The average molecular weight is 288 g/mol. The summed E-state index contributed by atoms with van der Waals surface area (Å²) in [5.74, 6) is -0.585. The fraction of sp³-hybridized carbons (Fsp3) is 0.750. The molecule has 0 spiro atoms. The van der Waals surface area contributed by atoms with Gasteiger partial charge in [0.15, 0.2) is 0 Å². The van der Waals surface area contributed by atoms with Crippen molar-refractivity contribution in [2.45, 2.75) is 38.3 Å². The van der Waals surface area contributed by atoms with Crippen molar-refractivity contribution in [1.82, 2.24) is 10.6 Å². The predicted molar refractivity (Wildman–Crippen MR) is 73.7 cm³/mol. The highest BCUT2D eigenvalue weighted by atomic mass is 16.3. The number of nitrogens with two attached hydrogens (primary N) is 2. The molecule has 0 fully saturated rings. The lowest BCUT2D eigenvalue weighted by Crippen LogP contribution is -2.58. The molecule has 3 amide bonds. The first-order chi connectivity index (χ1) is 9.28. The Balaban J connectivity index is 4.55. The molecule has 2 atom stereocenters. The molecule has 0 rings (SSSR count). The predicted octanol–water partition coefficient (Wildman–Crippen LogP) is -1.54. The van der Waals surface area contributed by atoms with Gasteiger partial charge in [0.1, 0.15) is 11.8 Å². The minimum atomic E-state index is -1.39. The summed E-state index contributed by atoms with van der Waals surface area (Å²) in [5.41, 5.74) is 9.21. The van der Waals surface area contributed by atoms with Gasteiger partial charge in [-0.1, -0.05) is 13.8 Å². The second-order valence-electron chi connectivity index (χ2n) is 5.09. The lowest BCUT2D eigenvalue weighted by molar-refractivity contribution is -0.129. The highest BCUT2D eigenvalue weighted by Crippen LogP contribution is 2.11. The summed E-state index contributed by atoms with van der Waals surface area (Å²) < 4.78 is 0. The Bertz CT molecular complexity index is 348. The molecule has 0 aromatic rings. The quantitative estimate of drug-likeness (QED) is 0.258. The van der Waals surface area contributed by atoms with Crippen molar-refractivity contribution < 1.29 is 19.5 Å². The average Bonchev–Trinajstić information content (AvgIpc) is 2.40. The van der Waals surface area contributed by atoms with Gasteiger partial charge < -0.3 is 32.0 Å². The first-order valence-electron chi connectivity index (χ1n) is 6.46. The molecule has 0 bridgehead atoms. The van der Waals surface area contributed by atoms with Crippen LogP contribution in [-0.2, 0) is 9.59 Å². The SMILES string of the molecule is CC(C)[C@H](N)C(=O)N[C@@](C=O)(CO)CCCNC(N)=O. The van der Waals surface area contributed by atoms with Crippen molar-refractivity contribution in [2.24, 2.45) is 17.4 Å². The normalized spacial score (nSPS) is 15.2. The van der Waals surface area contributed by atoms with E-state index in [2.05, 4.69) is 10.6 Å². The van der Waals surface area contributed by atoms with E-state index in [0.29, 0.717) is 12.7 Å². The molecule has 0 aromatic heterocycles. The topological polar surface area (TPSA) is 148 Å². The van der Waals surface area contributed by atoms with Gasteiger partial charge in [-0.3, -0.25) is 4.79 Å². The first-order valence-corrected chi connectivity index (χ1v) is 6.46. The summed E-state index contributed by atoms with van der Waals surface area (Å²) >= 11 is 0. The maximum Gasteiger partial charge on any atom is 0.312 e. The molecule has 0 heterocycles. The highest BCUT2D eigenvalue weighted by molar-refractivity contribution is 5.86. The number of hydrogen-bond acceptors (Lipinski definition) is 5. The van der Waals surface area contributed by atoms with Crippen molar-refractivity contribution >= 4 is 18.2 Å². The van der Waals surface area contributed by atoms with Gasteiger partial charge >= 0.3 is 6.03 Å². The van der Waals surface area contributed by atoms with Crippen molar-refractivity contribution in [3.8, 4) is 0 Å². The van der Waals surface area contributed by atoms with Crippen LogP contribution >= 0.6 is 0 Å². The largest absolute Gasteiger partial charge is 0.393 e. The van der Waals surface area contributed by atoms with Crippen molar-refractivity contribution in [3.05, 3.63) is 0 Å². The molecule has 0 aliphatic carbocycles. The number of amides is 3. The van der Waals surface area contributed by atoms with Crippen molar-refractivity contribution in [1.29, 1.82) is 0 Å². The van der Waals surface area contributed by atoms with Gasteiger partial charge in [0, 0.05) is 6.54 Å². The molecular formula is C12H24N4O4. The van der Waals surface area contributed by atoms with E-state index in [4.69, 9.17) is 11.5 Å². The van der Waals surface area contributed by atoms with Crippen LogP contribution in [0.5, 0.6) is 0 Å². The highest BCUT2D eigenvalue weighted by Gasteiger charge is 2.32. The van der Waals surface area contributed by atoms with Gasteiger partial charge in [-0.05, 0) is 18.8 Å². The van der Waals surface area contributed by atoms with Gasteiger partial charge in [-0.2, -0.15) is 0 Å². The standard InChI is InChI=1S/C12H24N4O4/c1-8(2)9(13)10(19)16-12(6-17,7-18)4-3-5-15-11(14)20/h6,8-9,18H,3-5,7,13H2,1-2H3,(H,16,19)(H3,14,15,20)/t9-,12-/m0/s1. The van der Waals surface area contributed by atoms with Crippen molar-refractivity contribution in [3.63, 3.8) is 0 Å². The Morgan fingerprint density at radius 1 is 1.40 bits per heavy atom. The number of primary amides is 1. The van der Waals surface area contributed by atoms with Crippen LogP contribution in [0, 0.1) is 5.92 Å². The zero-order chi connectivity index (χ0) is 15.8. The Labute approximate surface area is 118 Å². The number of aldehydes is 1. The van der Waals surface area contributed by atoms with E-state index in [9.17, 15) is 19.5 Å². The van der Waals surface area contributed by atoms with E-state index in [-0.39, 0.29) is 18.9 Å². The van der Waals surface area contributed by atoms with Gasteiger partial charge in [0.25, 0.3) is 0 Å². The summed E-state index contributed by atoms with van der Waals surface area (Å²) in [7, 11) is 0. The van der Waals surface area contributed by atoms with Crippen LogP contribution in [-0.4, -0.2) is 48.1 Å². The molecular weight excluding hydrogens is 264 g/mol. The lowest BCUT2D eigenvalue weighted by Gasteiger charge is -2.29. The molecule has 0 unspecified atom stereocenters. The Kier molecular flexibility index (Phi) is 7.78. The van der Waals surface area contributed by atoms with Crippen LogP contribution in [0.15, 0.2) is 0 Å². The third-order valence-corrected chi connectivity index (χ3v) is 3.00. The molecule has 0 aliphatic heterocycles. The molecule has 20 heavy (non-hydrogen) atoms. The fourth-order valence-corrected chi connectivity index (χ4v) is 1.55. The number of nitrogens with one attached hydrogen (secondary N) is 2. The van der Waals surface area contributed by atoms with E-state index in [0.717, 1.165) is 0 Å². The molecule has 7 N–H and O–H groups in total. The molecule has 8 heteroatoms. The summed E-state index contributed by atoms with van der Waals surface area (Å²) in [6.45, 7) is 3.27. The molecule has 116 valence electrons. The second-order valence-corrected chi connectivity index (χ2v) is 5.09. The number of urea groups is 1. The van der Waals surface area contributed by atoms with Crippen LogP contribution in [0.25, 0.3) is 0 Å². The molecule has 0 aliphatic rings. The monoisotopic (exact) mass is 288 g/mol. The Hall–Kier alpha value is -1.67. The smallest absolute Gasteiger partial charge is 0.312 e. The molecule has 8 nitrogen and oxygen atoms in total. The summed E-state index contributed by atoms with van der Waals surface area (Å²) in [6, 6.07) is -1.43. The van der Waals surface area contributed by atoms with Crippen LogP contribution in [0.1, 0.15) is 26.7 Å². The summed E-state index contributed by atoms with van der Waals surface area (Å²) in [6.07, 6.45) is 1.03. The number of aliphatic hydroxyl groups is 1. The molecule has 0 saturated heterocycles. The van der Waals surface area contributed by atoms with E-state index in [1.54, 1.807) is 13.8 Å². The summed E-state index contributed by atoms with van der Waals surface area (Å²) in [5, 5.41) is 14.2. The third-order valence-electron chi connectivity index (χ3n) is 3.00. The zero-order valence-electron chi connectivity index (χ0n) is 11.9. The van der Waals surface area contributed by atoms with Crippen LogP contribution in [0.2, 0.25) is 0 Å². The second kappa shape index (κ2) is 8.49. The van der Waals surface area contributed by atoms with Gasteiger partial charge in [-0.25, -0.2) is 4.79 Å². The Morgan fingerprint density at radius 3 is 2.40 bits per heavy atom. The Morgan fingerprint density at radius 2 is 2.00 bits per heavy atom. The maximum atomic E-state index is 11.9. The first kappa shape index (κ1) is 18.3. The number of carbonyl (C=O) groups excluding carboxylic acids is 3. The number of carbonyl (C=O) groups is 3. The number of rotatable bonds is 9. The van der Waals surface area contributed by atoms with Gasteiger partial charge in [0.2, 0.25) is 5.91 Å². The number of aliphatic hydroxyl groups excluding tert-OH is 1. The lowest BCUT2D eigenvalue weighted by atomic mass is 9.94. The van der Waals surface area contributed by atoms with E-state index in [1.807, 2.05) is 0 Å². The van der Waals surface area contributed by atoms with Crippen LogP contribution in [0.4, 0.5) is 4.79 Å². The van der Waals surface area contributed by atoms with Gasteiger partial charge in [-0.15, -0.1) is 0 Å². The van der Waals surface area contributed by atoms with E-state index in [1.165, 1.54) is 0 Å². The number of hydrogen-bond donors (Lipinski definition) is 5. The van der Waals surface area contributed by atoms with Crippen molar-refractivity contribution in [2.75, 3.05) is 13.2 Å². The minimum Gasteiger partial charge on any atom is -0.393 e. The maximum absolute atomic E-state index is 11.9. The molecule has 0 radical (unpaired) electrons.